The van der Waals surface area contributed by atoms with Crippen LogP contribution in [-0.4, -0.2) is 25.0 Å². The third kappa shape index (κ3) is 2.37. The molecule has 3 N–H and O–H groups in total. The molecule has 17 heavy (non-hydrogen) atoms. The van der Waals surface area contributed by atoms with Crippen LogP contribution < -0.4 is 16.0 Å². The van der Waals surface area contributed by atoms with Gasteiger partial charge in [0.15, 0.2) is 0 Å². The summed E-state index contributed by atoms with van der Waals surface area (Å²) in [7, 11) is 0. The highest BCUT2D eigenvalue weighted by Crippen LogP contribution is 2.29. The highest BCUT2D eigenvalue weighted by atomic mass is 35.5. The lowest BCUT2D eigenvalue weighted by Gasteiger charge is -2.35. The Morgan fingerprint density at radius 1 is 1.59 bits per heavy atom. The fraction of sp³-hybridized carbons (Fsp3) is 0.417. The van der Waals surface area contributed by atoms with Crippen LogP contribution >= 0.6 is 11.6 Å². The van der Waals surface area contributed by atoms with Crippen LogP contribution in [0, 0.1) is 0 Å². The standard InChI is InChI=1S/C12H16ClN3O/c1-8-12(17)15-4-5-16(8)11-3-2-9(7-14)6-10(11)13/h2-3,6,8H,4-5,7,14H2,1H3,(H,15,17). The second-order valence-corrected chi connectivity index (χ2v) is 4.56. The van der Waals surface area contributed by atoms with Crippen molar-refractivity contribution < 1.29 is 4.79 Å². The third-order valence-corrected chi connectivity index (χ3v) is 3.36. The number of halogens is 1. The Hall–Kier alpha value is -1.26. The zero-order valence-electron chi connectivity index (χ0n) is 9.74. The molecule has 1 aliphatic rings. The first kappa shape index (κ1) is 12.2. The number of anilines is 1. The van der Waals surface area contributed by atoms with Crippen LogP contribution in [0.2, 0.25) is 5.02 Å². The molecule has 0 aromatic heterocycles. The monoisotopic (exact) mass is 253 g/mol. The predicted octanol–water partition coefficient (Wildman–Crippen LogP) is 1.12. The molecular weight excluding hydrogens is 238 g/mol. The van der Waals surface area contributed by atoms with Gasteiger partial charge in [0.25, 0.3) is 0 Å². The average Bonchev–Trinajstić information content (AvgIpc) is 2.33. The van der Waals surface area contributed by atoms with Crippen LogP contribution in [0.5, 0.6) is 0 Å². The average molecular weight is 254 g/mol. The van der Waals surface area contributed by atoms with Crippen LogP contribution in [0.1, 0.15) is 12.5 Å². The number of piperazine rings is 1. The molecule has 1 aliphatic heterocycles. The maximum absolute atomic E-state index is 11.6. The van der Waals surface area contributed by atoms with E-state index in [1.54, 1.807) is 0 Å². The maximum atomic E-state index is 11.6. The van der Waals surface area contributed by atoms with Crippen molar-refractivity contribution >= 4 is 23.2 Å². The Morgan fingerprint density at radius 3 is 3.00 bits per heavy atom. The van der Waals surface area contributed by atoms with E-state index < -0.39 is 0 Å². The molecule has 1 aromatic rings. The van der Waals surface area contributed by atoms with Gasteiger partial charge < -0.3 is 16.0 Å². The number of rotatable bonds is 2. The lowest BCUT2D eigenvalue weighted by Crippen LogP contribution is -2.54. The van der Waals surface area contributed by atoms with Crippen LogP contribution in [-0.2, 0) is 11.3 Å². The number of carbonyl (C=O) groups is 1. The highest BCUT2D eigenvalue weighted by Gasteiger charge is 2.26. The van der Waals surface area contributed by atoms with Gasteiger partial charge in [0.2, 0.25) is 5.91 Å². The summed E-state index contributed by atoms with van der Waals surface area (Å²) in [4.78, 5) is 13.6. The van der Waals surface area contributed by atoms with Gasteiger partial charge in [0.05, 0.1) is 10.7 Å². The molecule has 4 nitrogen and oxygen atoms in total. The zero-order valence-corrected chi connectivity index (χ0v) is 10.5. The summed E-state index contributed by atoms with van der Waals surface area (Å²) >= 11 is 6.23. The van der Waals surface area contributed by atoms with Crippen LogP contribution in [0.15, 0.2) is 18.2 Å². The van der Waals surface area contributed by atoms with Crippen LogP contribution in [0.4, 0.5) is 5.69 Å². The minimum Gasteiger partial charge on any atom is -0.357 e. The van der Waals surface area contributed by atoms with Crippen molar-refractivity contribution in [1.82, 2.24) is 5.32 Å². The molecule has 1 fully saturated rings. The molecule has 0 aliphatic carbocycles. The highest BCUT2D eigenvalue weighted by molar-refractivity contribution is 6.33. The van der Waals surface area contributed by atoms with E-state index in [2.05, 4.69) is 5.32 Å². The Balaban J connectivity index is 2.30. The van der Waals surface area contributed by atoms with Crippen molar-refractivity contribution in [1.29, 1.82) is 0 Å². The van der Waals surface area contributed by atoms with Gasteiger partial charge in [-0.05, 0) is 24.6 Å². The van der Waals surface area contributed by atoms with Gasteiger partial charge in [-0.25, -0.2) is 0 Å². The van der Waals surface area contributed by atoms with Gasteiger partial charge in [0.1, 0.15) is 6.04 Å². The number of hydrogen-bond acceptors (Lipinski definition) is 3. The first-order valence-corrected chi connectivity index (χ1v) is 6.04. The molecule has 1 unspecified atom stereocenters. The number of carbonyl (C=O) groups excluding carboxylic acids is 1. The summed E-state index contributed by atoms with van der Waals surface area (Å²) in [5, 5.41) is 3.48. The molecule has 0 spiro atoms. The molecule has 1 heterocycles. The maximum Gasteiger partial charge on any atom is 0.242 e. The Labute approximate surface area is 106 Å². The SMILES string of the molecule is CC1C(=O)NCCN1c1ccc(CN)cc1Cl. The van der Waals surface area contributed by atoms with E-state index in [-0.39, 0.29) is 11.9 Å². The summed E-state index contributed by atoms with van der Waals surface area (Å²) in [5.74, 6) is 0.0372. The number of benzene rings is 1. The Kier molecular flexibility index (Phi) is 3.54. The summed E-state index contributed by atoms with van der Waals surface area (Å²) in [6.07, 6.45) is 0. The Bertz CT molecular complexity index is 436. The molecule has 2 rings (SSSR count). The van der Waals surface area contributed by atoms with Gasteiger partial charge in [-0.2, -0.15) is 0 Å². The summed E-state index contributed by atoms with van der Waals surface area (Å²) in [6, 6.07) is 5.54. The molecule has 0 radical (unpaired) electrons. The first-order chi connectivity index (χ1) is 8.13. The molecule has 1 saturated heterocycles. The van der Waals surface area contributed by atoms with Crippen LogP contribution in [0.3, 0.4) is 0 Å². The molecular formula is C12H16ClN3O. The van der Waals surface area contributed by atoms with Crippen molar-refractivity contribution in [2.24, 2.45) is 5.73 Å². The minimum atomic E-state index is -0.190. The van der Waals surface area contributed by atoms with E-state index in [1.165, 1.54) is 0 Å². The number of amides is 1. The number of nitrogens with zero attached hydrogens (tertiary/aromatic N) is 1. The fourth-order valence-corrected chi connectivity index (χ4v) is 2.33. The number of nitrogens with one attached hydrogen (secondary N) is 1. The quantitative estimate of drug-likeness (QED) is 0.831. The second-order valence-electron chi connectivity index (χ2n) is 4.15. The predicted molar refractivity (Wildman–Crippen MR) is 69.2 cm³/mol. The smallest absolute Gasteiger partial charge is 0.242 e. The van der Waals surface area contributed by atoms with E-state index >= 15 is 0 Å². The summed E-state index contributed by atoms with van der Waals surface area (Å²) < 4.78 is 0. The Morgan fingerprint density at radius 2 is 2.35 bits per heavy atom. The van der Waals surface area contributed by atoms with Crippen LogP contribution in [0.25, 0.3) is 0 Å². The molecule has 5 heteroatoms. The lowest BCUT2D eigenvalue weighted by atomic mass is 10.1. The second kappa shape index (κ2) is 4.94. The number of nitrogens with two attached hydrogens (primary N) is 1. The van der Waals surface area contributed by atoms with Crippen molar-refractivity contribution in [3.8, 4) is 0 Å². The molecule has 1 amide bonds. The normalized spacial score (nSPS) is 20.3. The first-order valence-electron chi connectivity index (χ1n) is 5.66. The summed E-state index contributed by atoms with van der Waals surface area (Å²) in [5.41, 5.74) is 7.45. The van der Waals surface area contributed by atoms with E-state index in [4.69, 9.17) is 17.3 Å². The van der Waals surface area contributed by atoms with Crippen molar-refractivity contribution in [3.05, 3.63) is 28.8 Å². The van der Waals surface area contributed by atoms with Gasteiger partial charge in [0, 0.05) is 19.6 Å². The van der Waals surface area contributed by atoms with Crippen molar-refractivity contribution in [2.75, 3.05) is 18.0 Å². The topological polar surface area (TPSA) is 58.4 Å². The van der Waals surface area contributed by atoms with Crippen molar-refractivity contribution in [2.45, 2.75) is 19.5 Å². The minimum absolute atomic E-state index is 0.0372. The van der Waals surface area contributed by atoms with E-state index in [9.17, 15) is 4.79 Å². The fourth-order valence-electron chi connectivity index (χ4n) is 2.02. The summed E-state index contributed by atoms with van der Waals surface area (Å²) in [6.45, 7) is 3.77. The largest absolute Gasteiger partial charge is 0.357 e. The molecule has 0 saturated carbocycles. The van der Waals surface area contributed by atoms with Gasteiger partial charge in [-0.15, -0.1) is 0 Å². The third-order valence-electron chi connectivity index (χ3n) is 3.06. The van der Waals surface area contributed by atoms with E-state index in [0.29, 0.717) is 18.1 Å². The lowest BCUT2D eigenvalue weighted by molar-refractivity contribution is -0.122. The molecule has 1 aromatic carbocycles. The number of hydrogen-bond donors (Lipinski definition) is 2. The van der Waals surface area contributed by atoms with Gasteiger partial charge in [-0.3, -0.25) is 4.79 Å². The van der Waals surface area contributed by atoms with E-state index in [1.807, 2.05) is 30.0 Å². The van der Waals surface area contributed by atoms with Crippen molar-refractivity contribution in [3.63, 3.8) is 0 Å². The molecule has 92 valence electrons. The molecule has 1 atom stereocenters. The van der Waals surface area contributed by atoms with Gasteiger partial charge in [-0.1, -0.05) is 17.7 Å². The van der Waals surface area contributed by atoms with Gasteiger partial charge >= 0.3 is 0 Å². The van der Waals surface area contributed by atoms with E-state index in [0.717, 1.165) is 17.8 Å². The zero-order chi connectivity index (χ0) is 12.4. The molecule has 0 bridgehead atoms.